The van der Waals surface area contributed by atoms with Crippen LogP contribution in [0, 0.1) is 12.3 Å². The summed E-state index contributed by atoms with van der Waals surface area (Å²) in [7, 11) is 0. The molecular weight excluding hydrogens is 322 g/mol. The molecule has 1 aliphatic rings. The number of hydrogen-bond donors (Lipinski definition) is 0. The van der Waals surface area contributed by atoms with Gasteiger partial charge in [0.1, 0.15) is 0 Å². The molecule has 0 aromatic rings. The Morgan fingerprint density at radius 3 is 2.83 bits per heavy atom. The number of rotatable bonds is 4. The van der Waals surface area contributed by atoms with Crippen molar-refractivity contribution in [2.75, 3.05) is 0 Å². The molecule has 0 amide bonds. The summed E-state index contributed by atoms with van der Waals surface area (Å²) in [6.07, 6.45) is 12.6. The fourth-order valence-corrected chi connectivity index (χ4v) is 1.40. The summed E-state index contributed by atoms with van der Waals surface area (Å²) in [5.41, 5.74) is 1.59. The predicted molar refractivity (Wildman–Crippen MR) is 50.2 cm³/mol. The second kappa shape index (κ2) is 6.61. The summed E-state index contributed by atoms with van der Waals surface area (Å²) in [6.45, 7) is 4.51. The van der Waals surface area contributed by atoms with Gasteiger partial charge in [-0.3, -0.25) is 0 Å². The van der Waals surface area contributed by atoms with Gasteiger partial charge in [0, 0.05) is 0 Å². The first kappa shape index (κ1) is 12.1. The molecule has 0 aliphatic heterocycles. The normalized spacial score (nSPS) is 17.0. The van der Waals surface area contributed by atoms with Crippen molar-refractivity contribution in [1.29, 1.82) is 0 Å². The van der Waals surface area contributed by atoms with E-state index in [0.717, 1.165) is 5.92 Å². The third kappa shape index (κ3) is 3.68. The molecule has 0 bridgehead atoms. The maximum Gasteiger partial charge on any atom is 1.00 e. The van der Waals surface area contributed by atoms with Crippen LogP contribution in [0.2, 0.25) is 0 Å². The van der Waals surface area contributed by atoms with Crippen molar-refractivity contribution in [3.63, 3.8) is 0 Å². The SMILES string of the molecule is CC[CH-]CC(C)C1=CC=CC1.[Os+]. The van der Waals surface area contributed by atoms with Crippen LogP contribution >= 0.6 is 0 Å². The van der Waals surface area contributed by atoms with E-state index in [1.54, 1.807) is 5.57 Å². The molecular formula is C11H17Os. The third-order valence-electron chi connectivity index (χ3n) is 2.24. The van der Waals surface area contributed by atoms with Gasteiger partial charge in [-0.05, 0) is 12.3 Å². The quantitative estimate of drug-likeness (QED) is 0.688. The van der Waals surface area contributed by atoms with Gasteiger partial charge < -0.3 is 6.42 Å². The second-order valence-electron chi connectivity index (χ2n) is 3.21. The van der Waals surface area contributed by atoms with E-state index in [0.29, 0.717) is 0 Å². The molecule has 12 heavy (non-hydrogen) atoms. The molecule has 0 saturated heterocycles. The van der Waals surface area contributed by atoms with E-state index in [1.165, 1.54) is 19.3 Å². The Bertz CT molecular complexity index is 168. The largest absolute Gasteiger partial charge is 1.00 e. The van der Waals surface area contributed by atoms with Crippen LogP contribution in [0.3, 0.4) is 0 Å². The van der Waals surface area contributed by atoms with E-state index in [-0.39, 0.29) is 19.8 Å². The van der Waals surface area contributed by atoms with Crippen molar-refractivity contribution in [2.45, 2.75) is 33.1 Å². The molecule has 69 valence electrons. The van der Waals surface area contributed by atoms with E-state index in [9.17, 15) is 0 Å². The van der Waals surface area contributed by atoms with Gasteiger partial charge in [-0.2, -0.15) is 12.8 Å². The third-order valence-corrected chi connectivity index (χ3v) is 2.24. The molecule has 0 saturated carbocycles. The molecule has 0 spiro atoms. The van der Waals surface area contributed by atoms with Gasteiger partial charge >= 0.3 is 19.8 Å². The minimum absolute atomic E-state index is 0. The first-order chi connectivity index (χ1) is 5.34. The molecule has 1 radical (unpaired) electrons. The Labute approximate surface area is 89.2 Å². The number of unbranched alkanes of at least 4 members (excludes halogenated alkanes) is 1. The average molecular weight is 339 g/mol. The monoisotopic (exact) mass is 341 g/mol. The Hall–Kier alpha value is 0.116. The van der Waals surface area contributed by atoms with Crippen molar-refractivity contribution in [2.24, 2.45) is 5.92 Å². The van der Waals surface area contributed by atoms with E-state index in [1.807, 2.05) is 0 Å². The molecule has 1 atom stereocenters. The summed E-state index contributed by atoms with van der Waals surface area (Å²) in [5, 5.41) is 0. The molecule has 0 N–H and O–H groups in total. The fraction of sp³-hybridized carbons (Fsp3) is 0.545. The van der Waals surface area contributed by atoms with E-state index in [2.05, 4.69) is 38.5 Å². The van der Waals surface area contributed by atoms with Gasteiger partial charge in [0.15, 0.2) is 0 Å². The maximum absolute atomic E-state index is 2.36. The summed E-state index contributed by atoms with van der Waals surface area (Å²) in [5.74, 6) is 0.755. The van der Waals surface area contributed by atoms with Gasteiger partial charge in [0.2, 0.25) is 0 Å². The first-order valence-corrected chi connectivity index (χ1v) is 4.52. The molecule has 1 rings (SSSR count). The van der Waals surface area contributed by atoms with Crippen molar-refractivity contribution in [1.82, 2.24) is 0 Å². The molecule has 1 aliphatic carbocycles. The van der Waals surface area contributed by atoms with Crippen molar-refractivity contribution >= 4 is 0 Å². The zero-order chi connectivity index (χ0) is 8.10. The zero-order valence-electron chi connectivity index (χ0n) is 7.86. The van der Waals surface area contributed by atoms with E-state index < -0.39 is 0 Å². The summed E-state index contributed by atoms with van der Waals surface area (Å²) >= 11 is 0. The first-order valence-electron chi connectivity index (χ1n) is 4.52. The summed E-state index contributed by atoms with van der Waals surface area (Å²) in [6, 6.07) is 0. The predicted octanol–water partition coefficient (Wildman–Crippen LogP) is 3.51. The molecule has 0 aromatic heterocycles. The van der Waals surface area contributed by atoms with Crippen LogP contribution in [-0.2, 0) is 19.8 Å². The Morgan fingerprint density at radius 1 is 1.58 bits per heavy atom. The van der Waals surface area contributed by atoms with Crippen LogP contribution in [0.1, 0.15) is 33.1 Å². The standard InChI is InChI=1S/C11H17.Os/c1-3-4-7-10(2)11-8-5-6-9-11;/h4-6,8,10H,3,7,9H2,1-2H3;/q-1;+1. The average Bonchev–Trinajstić information content (AvgIpc) is 2.52. The van der Waals surface area contributed by atoms with Crippen molar-refractivity contribution < 1.29 is 19.8 Å². The summed E-state index contributed by atoms with van der Waals surface area (Å²) in [4.78, 5) is 0. The Morgan fingerprint density at radius 2 is 2.33 bits per heavy atom. The van der Waals surface area contributed by atoms with Crippen LogP contribution in [0.5, 0.6) is 0 Å². The Balaban J connectivity index is 0.00000121. The zero-order valence-corrected chi connectivity index (χ0v) is 10.4. The van der Waals surface area contributed by atoms with Crippen LogP contribution in [0.15, 0.2) is 23.8 Å². The van der Waals surface area contributed by atoms with E-state index >= 15 is 0 Å². The Kier molecular flexibility index (Phi) is 6.68. The van der Waals surface area contributed by atoms with Gasteiger partial charge in [-0.15, -0.1) is 0 Å². The molecule has 0 heterocycles. The van der Waals surface area contributed by atoms with Crippen LogP contribution in [0.25, 0.3) is 0 Å². The second-order valence-corrected chi connectivity index (χ2v) is 3.21. The molecule has 1 unspecified atom stereocenters. The van der Waals surface area contributed by atoms with Crippen LogP contribution in [-0.4, -0.2) is 0 Å². The summed E-state index contributed by atoms with van der Waals surface area (Å²) < 4.78 is 0. The maximum atomic E-state index is 2.36. The van der Waals surface area contributed by atoms with Crippen LogP contribution < -0.4 is 0 Å². The fourth-order valence-electron chi connectivity index (χ4n) is 1.40. The number of hydrogen-bond acceptors (Lipinski definition) is 0. The van der Waals surface area contributed by atoms with Crippen LogP contribution in [0.4, 0.5) is 0 Å². The smallest absolute Gasteiger partial charge is 0.328 e. The van der Waals surface area contributed by atoms with Gasteiger partial charge in [0.05, 0.1) is 0 Å². The molecule has 1 heteroatoms. The number of allylic oxidation sites excluding steroid dienone is 4. The van der Waals surface area contributed by atoms with Gasteiger partial charge in [-0.1, -0.05) is 37.6 Å². The topological polar surface area (TPSA) is 0 Å². The van der Waals surface area contributed by atoms with E-state index in [4.69, 9.17) is 0 Å². The van der Waals surface area contributed by atoms with Crippen molar-refractivity contribution in [3.8, 4) is 0 Å². The minimum atomic E-state index is 0. The van der Waals surface area contributed by atoms with Gasteiger partial charge in [0.25, 0.3) is 0 Å². The van der Waals surface area contributed by atoms with Gasteiger partial charge in [-0.25, -0.2) is 0 Å². The minimum Gasteiger partial charge on any atom is -0.328 e. The van der Waals surface area contributed by atoms with Crippen molar-refractivity contribution in [3.05, 3.63) is 30.2 Å². The molecule has 0 fully saturated rings. The molecule has 0 nitrogen and oxygen atoms in total. The molecule has 0 aromatic carbocycles.